The summed E-state index contributed by atoms with van der Waals surface area (Å²) >= 11 is 6.06. The molecular weight excluding hydrogens is 288 g/mol. The molecule has 5 heteroatoms. The van der Waals surface area contributed by atoms with Crippen LogP contribution in [0.5, 0.6) is 5.75 Å². The Morgan fingerprint density at radius 2 is 1.90 bits per heavy atom. The number of carbonyl (C=O) groups is 1. The van der Waals surface area contributed by atoms with E-state index in [1.54, 1.807) is 30.1 Å². The zero-order valence-electron chi connectivity index (χ0n) is 11.8. The van der Waals surface area contributed by atoms with E-state index in [0.717, 1.165) is 5.75 Å². The molecule has 21 heavy (non-hydrogen) atoms. The molecule has 0 aliphatic heterocycles. The Labute approximate surface area is 129 Å². The molecule has 0 unspecified atom stereocenters. The van der Waals surface area contributed by atoms with E-state index in [-0.39, 0.29) is 5.91 Å². The summed E-state index contributed by atoms with van der Waals surface area (Å²) in [6.07, 6.45) is 0. The maximum atomic E-state index is 12.3. The monoisotopic (exact) mass is 304 g/mol. The maximum Gasteiger partial charge on any atom is 0.255 e. The molecule has 0 aromatic heterocycles. The molecule has 0 aliphatic rings. The molecule has 0 bridgehead atoms. The van der Waals surface area contributed by atoms with E-state index >= 15 is 0 Å². The fraction of sp³-hybridized carbons (Fsp3) is 0.188. The number of para-hydroxylation sites is 1. The van der Waals surface area contributed by atoms with E-state index in [1.807, 2.05) is 30.3 Å². The average molecular weight is 305 g/mol. The van der Waals surface area contributed by atoms with E-state index in [9.17, 15) is 4.79 Å². The molecule has 1 amide bonds. The van der Waals surface area contributed by atoms with Crippen LogP contribution in [0.25, 0.3) is 0 Å². The highest BCUT2D eigenvalue weighted by Gasteiger charge is 2.16. The predicted octanol–water partition coefficient (Wildman–Crippen LogP) is 3.07. The van der Waals surface area contributed by atoms with Crippen molar-refractivity contribution in [3.63, 3.8) is 0 Å². The van der Waals surface area contributed by atoms with Crippen LogP contribution in [0.3, 0.4) is 0 Å². The van der Waals surface area contributed by atoms with Gasteiger partial charge in [-0.3, -0.25) is 4.79 Å². The van der Waals surface area contributed by atoms with Crippen molar-refractivity contribution < 1.29 is 9.53 Å². The van der Waals surface area contributed by atoms with Crippen molar-refractivity contribution in [2.45, 2.75) is 0 Å². The molecule has 2 N–H and O–H groups in total. The predicted molar refractivity (Wildman–Crippen MR) is 84.8 cm³/mol. The number of nitrogen functional groups attached to an aromatic ring is 1. The lowest BCUT2D eigenvalue weighted by Crippen LogP contribution is -2.31. The summed E-state index contributed by atoms with van der Waals surface area (Å²) in [5, 5.41) is 0.290. The summed E-state index contributed by atoms with van der Waals surface area (Å²) in [5.41, 5.74) is 6.51. The van der Waals surface area contributed by atoms with Crippen molar-refractivity contribution >= 4 is 23.2 Å². The average Bonchev–Trinajstić information content (AvgIpc) is 2.50. The first-order valence-corrected chi connectivity index (χ1v) is 6.94. The second-order valence-electron chi connectivity index (χ2n) is 4.60. The number of ether oxygens (including phenoxy) is 1. The van der Waals surface area contributed by atoms with Crippen molar-refractivity contribution in [3.05, 3.63) is 59.1 Å². The van der Waals surface area contributed by atoms with Gasteiger partial charge in [0.25, 0.3) is 5.91 Å². The van der Waals surface area contributed by atoms with Crippen LogP contribution in [0.1, 0.15) is 10.4 Å². The van der Waals surface area contributed by atoms with E-state index in [4.69, 9.17) is 22.1 Å². The number of rotatable bonds is 5. The Balaban J connectivity index is 1.92. The number of benzene rings is 2. The van der Waals surface area contributed by atoms with Gasteiger partial charge in [-0.15, -0.1) is 0 Å². The highest BCUT2D eigenvalue weighted by atomic mass is 35.5. The molecule has 0 spiro atoms. The third kappa shape index (κ3) is 3.89. The first-order valence-electron chi connectivity index (χ1n) is 6.57. The van der Waals surface area contributed by atoms with Gasteiger partial charge in [0.2, 0.25) is 0 Å². The second kappa shape index (κ2) is 6.99. The van der Waals surface area contributed by atoms with Crippen LogP contribution in [-0.4, -0.2) is 31.0 Å². The Kier molecular flexibility index (Phi) is 5.06. The number of halogens is 1. The highest BCUT2D eigenvalue weighted by Crippen LogP contribution is 2.23. The van der Waals surface area contributed by atoms with Gasteiger partial charge in [0.1, 0.15) is 12.4 Å². The van der Waals surface area contributed by atoms with Crippen molar-refractivity contribution in [2.24, 2.45) is 0 Å². The number of carbonyl (C=O) groups excluding carboxylic acids is 1. The second-order valence-corrected chi connectivity index (χ2v) is 4.97. The van der Waals surface area contributed by atoms with E-state index in [1.165, 1.54) is 0 Å². The quantitative estimate of drug-likeness (QED) is 0.864. The highest BCUT2D eigenvalue weighted by molar-refractivity contribution is 6.36. The van der Waals surface area contributed by atoms with Crippen LogP contribution >= 0.6 is 11.6 Å². The molecule has 110 valence electrons. The summed E-state index contributed by atoms with van der Waals surface area (Å²) < 4.78 is 5.57. The number of hydrogen-bond acceptors (Lipinski definition) is 3. The lowest BCUT2D eigenvalue weighted by molar-refractivity contribution is 0.0774. The number of nitrogens with zero attached hydrogens (tertiary/aromatic N) is 1. The molecule has 2 aromatic carbocycles. The summed E-state index contributed by atoms with van der Waals surface area (Å²) in [6, 6.07) is 14.5. The van der Waals surface area contributed by atoms with Crippen molar-refractivity contribution in [1.82, 2.24) is 4.90 Å². The van der Waals surface area contributed by atoms with Gasteiger partial charge in [0.15, 0.2) is 0 Å². The van der Waals surface area contributed by atoms with Gasteiger partial charge in [0, 0.05) is 7.05 Å². The van der Waals surface area contributed by atoms with E-state index in [0.29, 0.717) is 29.4 Å². The number of amides is 1. The topological polar surface area (TPSA) is 55.6 Å². The van der Waals surface area contributed by atoms with Gasteiger partial charge >= 0.3 is 0 Å². The number of anilines is 1. The van der Waals surface area contributed by atoms with E-state index < -0.39 is 0 Å². The van der Waals surface area contributed by atoms with Crippen LogP contribution in [0.4, 0.5) is 5.69 Å². The fourth-order valence-corrected chi connectivity index (χ4v) is 2.05. The smallest absolute Gasteiger partial charge is 0.255 e. The van der Waals surface area contributed by atoms with Crippen molar-refractivity contribution in [3.8, 4) is 5.75 Å². The Morgan fingerprint density at radius 3 is 2.62 bits per heavy atom. The third-order valence-electron chi connectivity index (χ3n) is 3.04. The zero-order chi connectivity index (χ0) is 15.2. The van der Waals surface area contributed by atoms with Crippen molar-refractivity contribution in [1.29, 1.82) is 0 Å². The van der Waals surface area contributed by atoms with Gasteiger partial charge < -0.3 is 15.4 Å². The molecule has 0 heterocycles. The summed E-state index contributed by atoms with van der Waals surface area (Å²) in [4.78, 5) is 13.8. The zero-order valence-corrected chi connectivity index (χ0v) is 12.5. The normalized spacial score (nSPS) is 10.2. The first kappa shape index (κ1) is 15.2. The molecular formula is C16H17ClN2O2. The largest absolute Gasteiger partial charge is 0.492 e. The molecule has 0 radical (unpaired) electrons. The Morgan fingerprint density at radius 1 is 1.19 bits per heavy atom. The molecule has 0 saturated carbocycles. The lowest BCUT2D eigenvalue weighted by Gasteiger charge is -2.18. The fourth-order valence-electron chi connectivity index (χ4n) is 1.84. The lowest BCUT2D eigenvalue weighted by atomic mass is 10.2. The van der Waals surface area contributed by atoms with Crippen LogP contribution in [-0.2, 0) is 0 Å². The van der Waals surface area contributed by atoms with Crippen LogP contribution in [0.2, 0.25) is 5.02 Å². The number of likely N-dealkylation sites (N-methyl/N-ethyl adjacent to an activating group) is 1. The number of nitrogens with two attached hydrogens (primary N) is 1. The minimum Gasteiger partial charge on any atom is -0.492 e. The minimum absolute atomic E-state index is 0.177. The standard InChI is InChI=1S/C16H17ClN2O2/c1-19(10-11-21-12-6-3-2-4-7-12)16(20)13-8-5-9-14(18)15(13)17/h2-9H,10-11,18H2,1H3. The Hall–Kier alpha value is -2.20. The van der Waals surface area contributed by atoms with E-state index in [2.05, 4.69) is 0 Å². The van der Waals surface area contributed by atoms with Gasteiger partial charge in [-0.2, -0.15) is 0 Å². The van der Waals surface area contributed by atoms with Crippen LogP contribution < -0.4 is 10.5 Å². The number of hydrogen-bond donors (Lipinski definition) is 1. The summed E-state index contributed by atoms with van der Waals surface area (Å²) in [5.74, 6) is 0.601. The van der Waals surface area contributed by atoms with Crippen LogP contribution in [0.15, 0.2) is 48.5 Å². The molecule has 2 rings (SSSR count). The van der Waals surface area contributed by atoms with Crippen molar-refractivity contribution in [2.75, 3.05) is 25.9 Å². The molecule has 0 aliphatic carbocycles. The Bertz CT molecular complexity index is 617. The molecule has 0 saturated heterocycles. The summed E-state index contributed by atoms with van der Waals surface area (Å²) in [7, 11) is 1.70. The third-order valence-corrected chi connectivity index (χ3v) is 3.47. The minimum atomic E-state index is -0.177. The first-order chi connectivity index (χ1) is 10.1. The molecule has 4 nitrogen and oxygen atoms in total. The van der Waals surface area contributed by atoms with Gasteiger partial charge in [0.05, 0.1) is 22.8 Å². The van der Waals surface area contributed by atoms with Gasteiger partial charge in [-0.1, -0.05) is 35.9 Å². The van der Waals surface area contributed by atoms with Crippen LogP contribution in [0, 0.1) is 0 Å². The van der Waals surface area contributed by atoms with Gasteiger partial charge in [-0.05, 0) is 24.3 Å². The van der Waals surface area contributed by atoms with Gasteiger partial charge in [-0.25, -0.2) is 0 Å². The SMILES string of the molecule is CN(CCOc1ccccc1)C(=O)c1cccc(N)c1Cl. The maximum absolute atomic E-state index is 12.3. The summed E-state index contributed by atoms with van der Waals surface area (Å²) in [6.45, 7) is 0.866. The molecule has 0 fully saturated rings. The molecule has 0 atom stereocenters. The molecule has 2 aromatic rings.